The molecule has 1 aromatic heterocycles. The molecule has 1 rings (SSSR count). The summed E-state index contributed by atoms with van der Waals surface area (Å²) in [4.78, 5) is 15.3. The average molecular weight is 193 g/mol. The Bertz CT molecular complexity index is 345. The van der Waals surface area contributed by atoms with Crippen LogP contribution in [-0.2, 0) is 5.41 Å². The number of hydrogen-bond donors (Lipinski definition) is 1. The highest BCUT2D eigenvalue weighted by Crippen LogP contribution is 2.20. The van der Waals surface area contributed by atoms with Gasteiger partial charge in [0.05, 0.1) is 6.61 Å². The number of aromatic nitrogens is 1. The summed E-state index contributed by atoms with van der Waals surface area (Å²) in [6.07, 6.45) is 0. The predicted molar refractivity (Wildman–Crippen MR) is 54.4 cm³/mol. The van der Waals surface area contributed by atoms with Crippen molar-refractivity contribution in [1.82, 2.24) is 4.98 Å². The second kappa shape index (κ2) is 3.88. The molecule has 0 unspecified atom stereocenters. The number of ketones is 1. The quantitative estimate of drug-likeness (QED) is 0.741. The van der Waals surface area contributed by atoms with Crippen LogP contribution < -0.4 is 0 Å². The van der Waals surface area contributed by atoms with Gasteiger partial charge in [0.1, 0.15) is 5.69 Å². The number of rotatable bonds is 3. The zero-order chi connectivity index (χ0) is 10.8. The van der Waals surface area contributed by atoms with Gasteiger partial charge < -0.3 is 5.11 Å². The first-order chi connectivity index (χ1) is 6.47. The highest BCUT2D eigenvalue weighted by molar-refractivity contribution is 5.92. The maximum absolute atomic E-state index is 11.1. The SMILES string of the molecule is CC(=O)c1cccc(C(C)(C)CO)n1. The maximum Gasteiger partial charge on any atom is 0.178 e. The number of hydrogen-bond acceptors (Lipinski definition) is 3. The second-order valence-electron chi connectivity index (χ2n) is 4.01. The van der Waals surface area contributed by atoms with E-state index in [0.29, 0.717) is 5.69 Å². The standard InChI is InChI=1S/C11H15NO2/c1-8(14)9-5-4-6-10(12-9)11(2,3)7-13/h4-6,13H,7H2,1-3H3. The Kier molecular flexibility index (Phi) is 3.01. The van der Waals surface area contributed by atoms with Gasteiger partial charge in [-0.2, -0.15) is 0 Å². The molecule has 0 spiro atoms. The molecule has 0 amide bonds. The monoisotopic (exact) mass is 193 g/mol. The molecule has 0 radical (unpaired) electrons. The number of carbonyl (C=O) groups is 1. The van der Waals surface area contributed by atoms with Crippen molar-refractivity contribution in [2.75, 3.05) is 6.61 Å². The highest BCUT2D eigenvalue weighted by atomic mass is 16.3. The molecule has 0 saturated heterocycles. The predicted octanol–water partition coefficient (Wildman–Crippen LogP) is 1.55. The fourth-order valence-corrected chi connectivity index (χ4v) is 1.09. The Morgan fingerprint density at radius 2 is 2.14 bits per heavy atom. The normalized spacial score (nSPS) is 11.4. The van der Waals surface area contributed by atoms with Gasteiger partial charge in [0.2, 0.25) is 0 Å². The van der Waals surface area contributed by atoms with E-state index in [0.717, 1.165) is 5.69 Å². The van der Waals surface area contributed by atoms with E-state index in [2.05, 4.69) is 4.98 Å². The van der Waals surface area contributed by atoms with Crippen molar-refractivity contribution in [3.05, 3.63) is 29.6 Å². The van der Waals surface area contributed by atoms with Gasteiger partial charge in [-0.1, -0.05) is 19.9 Å². The molecule has 0 atom stereocenters. The van der Waals surface area contributed by atoms with Gasteiger partial charge in [-0.05, 0) is 12.1 Å². The molecule has 0 aliphatic heterocycles. The lowest BCUT2D eigenvalue weighted by Crippen LogP contribution is -2.24. The average Bonchev–Trinajstić information content (AvgIpc) is 2.18. The number of Topliss-reactive ketones (excluding diaryl/α,β-unsaturated/α-hetero) is 1. The number of aliphatic hydroxyl groups excluding tert-OH is 1. The van der Waals surface area contributed by atoms with Crippen LogP contribution in [0.2, 0.25) is 0 Å². The molecule has 0 aromatic carbocycles. The molecule has 0 aliphatic rings. The van der Waals surface area contributed by atoms with Crippen molar-refractivity contribution in [2.45, 2.75) is 26.2 Å². The lowest BCUT2D eigenvalue weighted by molar-refractivity contribution is 0.101. The molecule has 1 heterocycles. The largest absolute Gasteiger partial charge is 0.395 e. The Morgan fingerprint density at radius 1 is 1.50 bits per heavy atom. The molecule has 0 aliphatic carbocycles. The third-order valence-corrected chi connectivity index (χ3v) is 2.20. The molecule has 1 aromatic rings. The minimum absolute atomic E-state index is 0.0152. The fourth-order valence-electron chi connectivity index (χ4n) is 1.09. The van der Waals surface area contributed by atoms with Gasteiger partial charge in [-0.3, -0.25) is 4.79 Å². The van der Waals surface area contributed by atoms with Crippen LogP contribution >= 0.6 is 0 Å². The van der Waals surface area contributed by atoms with Crippen LogP contribution in [0.3, 0.4) is 0 Å². The smallest absolute Gasteiger partial charge is 0.178 e. The second-order valence-corrected chi connectivity index (χ2v) is 4.01. The van der Waals surface area contributed by atoms with Crippen LogP contribution in [0.25, 0.3) is 0 Å². The van der Waals surface area contributed by atoms with Crippen molar-refractivity contribution in [3.63, 3.8) is 0 Å². The first-order valence-corrected chi connectivity index (χ1v) is 4.57. The first kappa shape index (κ1) is 10.9. The summed E-state index contributed by atoms with van der Waals surface area (Å²) < 4.78 is 0. The minimum atomic E-state index is -0.397. The summed E-state index contributed by atoms with van der Waals surface area (Å²) in [6, 6.07) is 5.29. The molecule has 3 nitrogen and oxygen atoms in total. The Morgan fingerprint density at radius 3 is 2.64 bits per heavy atom. The number of pyridine rings is 1. The number of carbonyl (C=O) groups excluding carboxylic acids is 1. The van der Waals surface area contributed by atoms with E-state index in [9.17, 15) is 4.79 Å². The van der Waals surface area contributed by atoms with Crippen LogP contribution in [-0.4, -0.2) is 22.5 Å². The van der Waals surface area contributed by atoms with E-state index in [1.54, 1.807) is 12.1 Å². The van der Waals surface area contributed by atoms with Crippen molar-refractivity contribution in [1.29, 1.82) is 0 Å². The van der Waals surface area contributed by atoms with Crippen molar-refractivity contribution < 1.29 is 9.90 Å². The molecule has 76 valence electrons. The molecular formula is C11H15NO2. The van der Waals surface area contributed by atoms with Crippen molar-refractivity contribution in [3.8, 4) is 0 Å². The van der Waals surface area contributed by atoms with Gasteiger partial charge >= 0.3 is 0 Å². The Labute approximate surface area is 83.8 Å². The Hall–Kier alpha value is -1.22. The van der Waals surface area contributed by atoms with Crippen LogP contribution in [0, 0.1) is 0 Å². The van der Waals surface area contributed by atoms with Crippen LogP contribution in [0.15, 0.2) is 18.2 Å². The van der Waals surface area contributed by atoms with Crippen molar-refractivity contribution in [2.24, 2.45) is 0 Å². The molecule has 0 fully saturated rings. The lowest BCUT2D eigenvalue weighted by Gasteiger charge is -2.20. The van der Waals surface area contributed by atoms with Gasteiger partial charge in [-0.15, -0.1) is 0 Å². The van der Waals surface area contributed by atoms with Gasteiger partial charge in [0.25, 0.3) is 0 Å². The van der Waals surface area contributed by atoms with Crippen molar-refractivity contribution >= 4 is 5.78 Å². The van der Waals surface area contributed by atoms with E-state index in [1.165, 1.54) is 6.92 Å². The zero-order valence-electron chi connectivity index (χ0n) is 8.74. The van der Waals surface area contributed by atoms with E-state index >= 15 is 0 Å². The minimum Gasteiger partial charge on any atom is -0.395 e. The fraction of sp³-hybridized carbons (Fsp3) is 0.455. The van der Waals surface area contributed by atoms with Crippen LogP contribution in [0.1, 0.15) is 37.0 Å². The first-order valence-electron chi connectivity index (χ1n) is 4.57. The Balaban J connectivity index is 3.12. The van der Waals surface area contributed by atoms with E-state index in [4.69, 9.17) is 5.11 Å². The molecular weight excluding hydrogens is 178 g/mol. The maximum atomic E-state index is 11.1. The third kappa shape index (κ3) is 2.17. The summed E-state index contributed by atoms with van der Waals surface area (Å²) in [5, 5.41) is 9.15. The van der Waals surface area contributed by atoms with Crippen LogP contribution in [0.5, 0.6) is 0 Å². The summed E-state index contributed by atoms with van der Waals surface area (Å²) in [7, 11) is 0. The molecule has 0 bridgehead atoms. The van der Waals surface area contributed by atoms with Gasteiger partial charge in [0, 0.05) is 18.0 Å². The summed E-state index contributed by atoms with van der Waals surface area (Å²) in [5.41, 5.74) is 0.794. The number of aliphatic hydroxyl groups is 1. The van der Waals surface area contributed by atoms with E-state index < -0.39 is 5.41 Å². The molecule has 1 N–H and O–H groups in total. The zero-order valence-corrected chi connectivity index (χ0v) is 8.74. The van der Waals surface area contributed by atoms with Crippen LogP contribution in [0.4, 0.5) is 0 Å². The topological polar surface area (TPSA) is 50.2 Å². The summed E-state index contributed by atoms with van der Waals surface area (Å²) in [6.45, 7) is 5.28. The van der Waals surface area contributed by atoms with Gasteiger partial charge in [-0.25, -0.2) is 4.98 Å². The third-order valence-electron chi connectivity index (χ3n) is 2.20. The summed E-state index contributed by atoms with van der Waals surface area (Å²) >= 11 is 0. The van der Waals surface area contributed by atoms with E-state index in [1.807, 2.05) is 19.9 Å². The van der Waals surface area contributed by atoms with E-state index in [-0.39, 0.29) is 12.4 Å². The molecule has 14 heavy (non-hydrogen) atoms. The number of nitrogens with zero attached hydrogens (tertiary/aromatic N) is 1. The molecule has 3 heteroatoms. The summed E-state index contributed by atoms with van der Waals surface area (Å²) in [5.74, 6) is -0.0550. The lowest BCUT2D eigenvalue weighted by atomic mass is 9.90. The van der Waals surface area contributed by atoms with Gasteiger partial charge in [0.15, 0.2) is 5.78 Å². The molecule has 0 saturated carbocycles. The highest BCUT2D eigenvalue weighted by Gasteiger charge is 2.21.